The number of nitrogens with two attached hydrogens (primary N) is 1. The van der Waals surface area contributed by atoms with Gasteiger partial charge in [0.25, 0.3) is 0 Å². The monoisotopic (exact) mass is 606 g/mol. The number of amides is 1. The number of aliphatic hydroxyl groups is 1. The van der Waals surface area contributed by atoms with Crippen LogP contribution in [0.15, 0.2) is 18.2 Å². The summed E-state index contributed by atoms with van der Waals surface area (Å²) in [6.45, 7) is 1.74. The van der Waals surface area contributed by atoms with Gasteiger partial charge in [0, 0.05) is 5.92 Å². The second-order valence-electron chi connectivity index (χ2n) is 14.7. The molecule has 0 aromatic heterocycles. The smallest absolute Gasteiger partial charge is 0.312 e. The van der Waals surface area contributed by atoms with Crippen LogP contribution in [-0.4, -0.2) is 82.0 Å². The van der Waals surface area contributed by atoms with E-state index >= 15 is 0 Å². The number of nitrogens with zero attached hydrogens (tertiary/aromatic N) is 1. The number of hydrogen-bond donors (Lipinski definition) is 3. The molecule has 1 aromatic carbocycles. The van der Waals surface area contributed by atoms with Crippen LogP contribution < -0.4 is 5.73 Å². The second-order valence-corrected chi connectivity index (χ2v) is 14.7. The van der Waals surface area contributed by atoms with Gasteiger partial charge in [-0.05, 0) is 87.9 Å². The van der Waals surface area contributed by atoms with E-state index in [-0.39, 0.29) is 11.3 Å². The fourth-order valence-electron chi connectivity index (χ4n) is 10.7. The molecule has 8 atom stereocenters. The van der Waals surface area contributed by atoms with Crippen molar-refractivity contribution >= 4 is 35.0 Å². The summed E-state index contributed by atoms with van der Waals surface area (Å²) in [5.41, 5.74) is 2.04. The summed E-state index contributed by atoms with van der Waals surface area (Å²) in [5.74, 6) is -12.3. The minimum absolute atomic E-state index is 0.0993. The molecule has 1 aromatic rings. The lowest BCUT2D eigenvalue weighted by molar-refractivity contribution is -0.214. The van der Waals surface area contributed by atoms with Crippen molar-refractivity contribution in [2.45, 2.75) is 69.1 Å². The van der Waals surface area contributed by atoms with Crippen molar-refractivity contribution in [2.24, 2.45) is 52.6 Å². The maximum absolute atomic E-state index is 14.4. The molecule has 44 heavy (non-hydrogen) atoms. The lowest BCUT2D eigenvalue weighted by atomic mass is 9.48. The van der Waals surface area contributed by atoms with Crippen molar-refractivity contribution in [1.82, 2.24) is 4.90 Å². The first-order valence-corrected chi connectivity index (χ1v) is 15.6. The van der Waals surface area contributed by atoms with Crippen LogP contribution in [0.3, 0.4) is 0 Å². The number of primary amides is 1. The molecule has 8 rings (SSSR count). The van der Waals surface area contributed by atoms with Crippen LogP contribution in [0.4, 0.5) is 0 Å². The number of phenolic OH excluding ortho intramolecular Hbond substituents is 1. The molecule has 0 heterocycles. The highest BCUT2D eigenvalue weighted by atomic mass is 16.5. The third-order valence-corrected chi connectivity index (χ3v) is 12.0. The van der Waals surface area contributed by atoms with Crippen molar-refractivity contribution in [3.8, 4) is 5.75 Å². The standard InChI is InChI=1S/C33H38N2O9/c1-13-17-5-4-6-18(36)20(17)25(37)21-19(13)27(44-31(42)32-10-14-7-15(11-32)9-16(8-14)12-32)23-24(35(2)3)26(38)22(30(34)41)29(40)33(23,43)28(21)39/h4-6,13-16,19,21-24,27,36,43H,7-12H2,1-3H3,(H2,34,41)/t13?,14?,15?,16?,19?,21?,22?,23?,24-,27?,32?,33-/m0/s1. The summed E-state index contributed by atoms with van der Waals surface area (Å²) >= 11 is 0. The first-order chi connectivity index (χ1) is 20.7. The third-order valence-electron chi connectivity index (χ3n) is 12.0. The number of hydrogen-bond acceptors (Lipinski definition) is 10. The number of ketones is 4. The van der Waals surface area contributed by atoms with E-state index in [4.69, 9.17) is 10.5 Å². The number of phenols is 1. The van der Waals surface area contributed by atoms with Crippen LogP contribution in [-0.2, 0) is 28.7 Å². The van der Waals surface area contributed by atoms with Gasteiger partial charge in [-0.2, -0.15) is 0 Å². The maximum Gasteiger partial charge on any atom is 0.312 e. The Morgan fingerprint density at radius 3 is 2.11 bits per heavy atom. The van der Waals surface area contributed by atoms with Crippen LogP contribution in [0.5, 0.6) is 5.75 Å². The average Bonchev–Trinajstić information content (AvgIpc) is 2.93. The molecule has 4 N–H and O–H groups in total. The molecular formula is C33H38N2O9. The molecule has 1 amide bonds. The minimum Gasteiger partial charge on any atom is -0.507 e. The predicted molar refractivity (Wildman–Crippen MR) is 152 cm³/mol. The van der Waals surface area contributed by atoms with E-state index in [0.717, 1.165) is 19.3 Å². The molecule has 0 radical (unpaired) electrons. The van der Waals surface area contributed by atoms with Gasteiger partial charge in [0.15, 0.2) is 34.7 Å². The lowest BCUT2D eigenvalue weighted by Crippen LogP contribution is -2.78. The Morgan fingerprint density at radius 2 is 1.57 bits per heavy atom. The van der Waals surface area contributed by atoms with Gasteiger partial charge in [0.05, 0.1) is 28.9 Å². The Kier molecular flexibility index (Phi) is 6.34. The SMILES string of the molecule is CC1c2cccc(O)c2C(=O)C2C(=O)[C@]3(O)C(=O)C(C(N)=O)C(=O)[C@@H](N(C)C)C3C(OC(=O)C34CC5CC(CC(C5)C3)C4)C21. The highest BCUT2D eigenvalue weighted by Gasteiger charge is 2.74. The van der Waals surface area contributed by atoms with Crippen LogP contribution in [0.25, 0.3) is 0 Å². The average molecular weight is 607 g/mol. The van der Waals surface area contributed by atoms with E-state index < -0.39 is 87.8 Å². The highest BCUT2D eigenvalue weighted by Crippen LogP contribution is 2.62. The second kappa shape index (κ2) is 9.53. The zero-order valence-corrected chi connectivity index (χ0v) is 25.0. The Balaban J connectivity index is 1.41. The molecule has 234 valence electrons. The van der Waals surface area contributed by atoms with Gasteiger partial charge in [0.1, 0.15) is 11.9 Å². The first-order valence-electron chi connectivity index (χ1n) is 15.6. The number of esters is 1. The van der Waals surface area contributed by atoms with Gasteiger partial charge >= 0.3 is 5.97 Å². The Hall–Kier alpha value is -3.44. The molecule has 11 nitrogen and oxygen atoms in total. The van der Waals surface area contributed by atoms with E-state index in [1.165, 1.54) is 25.1 Å². The molecule has 7 aliphatic rings. The maximum atomic E-state index is 14.4. The normalized spacial score (nSPS) is 43.8. The van der Waals surface area contributed by atoms with Crippen molar-refractivity contribution in [1.29, 1.82) is 0 Å². The number of aromatic hydroxyl groups is 1. The lowest BCUT2D eigenvalue weighted by Gasteiger charge is -2.58. The quantitative estimate of drug-likeness (QED) is 0.332. The fraction of sp³-hybridized carbons (Fsp3) is 0.636. The van der Waals surface area contributed by atoms with Gasteiger partial charge in [-0.25, -0.2) is 0 Å². The van der Waals surface area contributed by atoms with Crippen LogP contribution >= 0.6 is 0 Å². The van der Waals surface area contributed by atoms with E-state index in [2.05, 4.69) is 0 Å². The molecule has 0 aliphatic heterocycles. The van der Waals surface area contributed by atoms with Gasteiger partial charge in [-0.1, -0.05) is 19.1 Å². The number of rotatable bonds is 4. The van der Waals surface area contributed by atoms with Crippen LogP contribution in [0, 0.1) is 46.8 Å². The molecule has 0 spiro atoms. The summed E-state index contributed by atoms with van der Waals surface area (Å²) in [7, 11) is 3.02. The Morgan fingerprint density at radius 1 is 0.977 bits per heavy atom. The van der Waals surface area contributed by atoms with Crippen LogP contribution in [0.2, 0.25) is 0 Å². The van der Waals surface area contributed by atoms with E-state index in [0.29, 0.717) is 42.6 Å². The number of benzene rings is 1. The molecule has 4 bridgehead atoms. The summed E-state index contributed by atoms with van der Waals surface area (Å²) in [4.78, 5) is 84.5. The predicted octanol–water partition coefficient (Wildman–Crippen LogP) is 1.17. The summed E-state index contributed by atoms with van der Waals surface area (Å²) in [6, 6.07) is 3.14. The third kappa shape index (κ3) is 3.68. The zero-order chi connectivity index (χ0) is 31.6. The Labute approximate surface area is 254 Å². The number of carbonyl (C=O) groups excluding carboxylic acids is 6. The largest absolute Gasteiger partial charge is 0.507 e. The van der Waals surface area contributed by atoms with Gasteiger partial charge in [-0.15, -0.1) is 0 Å². The minimum atomic E-state index is -3.02. The van der Waals surface area contributed by atoms with E-state index in [1.54, 1.807) is 19.1 Å². The number of carbonyl (C=O) groups is 6. The van der Waals surface area contributed by atoms with E-state index in [9.17, 15) is 39.0 Å². The van der Waals surface area contributed by atoms with Crippen LogP contribution in [0.1, 0.15) is 67.3 Å². The topological polar surface area (TPSA) is 181 Å². The van der Waals surface area contributed by atoms with Gasteiger partial charge in [-0.3, -0.25) is 33.7 Å². The molecule has 6 unspecified atom stereocenters. The first kappa shape index (κ1) is 29.3. The fourth-order valence-corrected chi connectivity index (χ4v) is 10.7. The molecule has 7 aliphatic carbocycles. The van der Waals surface area contributed by atoms with E-state index in [1.807, 2.05) is 0 Å². The van der Waals surface area contributed by atoms with Crippen molar-refractivity contribution < 1.29 is 43.7 Å². The molecule has 0 saturated heterocycles. The Bertz CT molecular complexity index is 1500. The molecule has 6 saturated carbocycles. The number of ether oxygens (including phenoxy) is 1. The molecule has 11 heteroatoms. The van der Waals surface area contributed by atoms with Crippen molar-refractivity contribution in [3.63, 3.8) is 0 Å². The zero-order valence-electron chi connectivity index (χ0n) is 25.0. The highest BCUT2D eigenvalue weighted by molar-refractivity contribution is 6.32. The summed E-state index contributed by atoms with van der Waals surface area (Å²) in [5, 5.41) is 23.0. The molecule has 6 fully saturated rings. The molecular weight excluding hydrogens is 568 g/mol. The van der Waals surface area contributed by atoms with Gasteiger partial charge < -0.3 is 20.7 Å². The number of Topliss-reactive ketones (excluding diaryl/α,β-unsaturated/α-hetero) is 4. The summed E-state index contributed by atoms with van der Waals surface area (Å²) < 4.78 is 6.45. The van der Waals surface area contributed by atoms with Crippen molar-refractivity contribution in [3.05, 3.63) is 29.3 Å². The van der Waals surface area contributed by atoms with Crippen molar-refractivity contribution in [2.75, 3.05) is 14.1 Å². The number of fused-ring (bicyclic) bond motifs is 3. The number of likely N-dealkylation sites (N-methyl/N-ethyl adjacent to an activating group) is 1. The van der Waals surface area contributed by atoms with Gasteiger partial charge in [0.2, 0.25) is 5.91 Å². The summed E-state index contributed by atoms with van der Waals surface area (Å²) in [6.07, 6.45) is 3.80.